The van der Waals surface area contributed by atoms with Crippen molar-refractivity contribution in [2.24, 2.45) is 11.3 Å². The van der Waals surface area contributed by atoms with Crippen LogP contribution in [0.3, 0.4) is 0 Å². The third kappa shape index (κ3) is 4.64. The first kappa shape index (κ1) is 23.7. The maximum Gasteiger partial charge on any atom is 0.340 e. The number of fused-ring (bicyclic) bond motifs is 1. The van der Waals surface area contributed by atoms with Crippen molar-refractivity contribution in [3.05, 3.63) is 51.1 Å². The molecule has 0 unspecified atom stereocenters. The molecule has 2 aliphatic rings. The fourth-order valence-electron chi connectivity index (χ4n) is 5.01. The van der Waals surface area contributed by atoms with Gasteiger partial charge in [-0.15, -0.1) is 0 Å². The minimum Gasteiger partial charge on any atom is -0.478 e. The van der Waals surface area contributed by atoms with Gasteiger partial charge >= 0.3 is 5.97 Å². The Morgan fingerprint density at radius 2 is 2.12 bits per heavy atom. The number of hydrogen-bond acceptors (Lipinski definition) is 4. The third-order valence-electron chi connectivity index (χ3n) is 6.85. The summed E-state index contributed by atoms with van der Waals surface area (Å²) < 4.78 is 21.4. The van der Waals surface area contributed by atoms with Crippen molar-refractivity contribution >= 4 is 23.5 Å². The number of halogens is 2. The first-order chi connectivity index (χ1) is 15.7. The van der Waals surface area contributed by atoms with Crippen molar-refractivity contribution in [1.82, 2.24) is 15.1 Å². The third-order valence-corrected chi connectivity index (χ3v) is 7.28. The highest BCUT2D eigenvalue weighted by atomic mass is 35.5. The van der Waals surface area contributed by atoms with E-state index in [1.165, 1.54) is 6.07 Å². The van der Waals surface area contributed by atoms with E-state index in [9.17, 15) is 19.1 Å². The highest BCUT2D eigenvalue weighted by Crippen LogP contribution is 2.37. The number of carbonyl (C=O) groups excluding carboxylic acids is 1. The summed E-state index contributed by atoms with van der Waals surface area (Å²) in [7, 11) is 0. The summed E-state index contributed by atoms with van der Waals surface area (Å²) in [5.41, 5.74) is 2.46. The fraction of sp³-hybridized carbons (Fsp3) is 0.542. The monoisotopic (exact) mass is 477 g/mol. The average molecular weight is 478 g/mol. The molecule has 1 aromatic carbocycles. The van der Waals surface area contributed by atoms with Gasteiger partial charge < -0.3 is 15.2 Å². The molecule has 0 saturated carbocycles. The van der Waals surface area contributed by atoms with E-state index in [0.29, 0.717) is 50.3 Å². The lowest BCUT2D eigenvalue weighted by Gasteiger charge is -2.36. The van der Waals surface area contributed by atoms with Crippen molar-refractivity contribution in [2.75, 3.05) is 19.8 Å². The molecule has 0 radical (unpaired) electrons. The molecule has 1 saturated heterocycles. The lowest BCUT2D eigenvalue weighted by Crippen LogP contribution is -2.40. The summed E-state index contributed by atoms with van der Waals surface area (Å²) in [6.07, 6.45) is 3.64. The first-order valence-electron chi connectivity index (χ1n) is 11.4. The van der Waals surface area contributed by atoms with E-state index < -0.39 is 17.3 Å². The van der Waals surface area contributed by atoms with Gasteiger partial charge in [0.2, 0.25) is 0 Å². The van der Waals surface area contributed by atoms with Crippen LogP contribution in [0.4, 0.5) is 4.39 Å². The number of amides is 1. The Kier molecular flexibility index (Phi) is 6.77. The van der Waals surface area contributed by atoms with E-state index in [-0.39, 0.29) is 22.3 Å². The molecule has 9 heteroatoms. The number of aryl methyl sites for hydroxylation is 1. The van der Waals surface area contributed by atoms with Crippen LogP contribution in [0.5, 0.6) is 0 Å². The molecule has 1 fully saturated rings. The summed E-state index contributed by atoms with van der Waals surface area (Å²) >= 11 is 6.23. The molecule has 2 aromatic rings. The van der Waals surface area contributed by atoms with Gasteiger partial charge in [0.15, 0.2) is 0 Å². The maximum atomic E-state index is 13.9. The smallest absolute Gasteiger partial charge is 0.340 e. The Labute approximate surface area is 197 Å². The van der Waals surface area contributed by atoms with Crippen LogP contribution in [0.2, 0.25) is 5.02 Å². The van der Waals surface area contributed by atoms with E-state index in [1.54, 1.807) is 0 Å². The largest absolute Gasteiger partial charge is 0.478 e. The van der Waals surface area contributed by atoms with Gasteiger partial charge in [0.1, 0.15) is 11.4 Å². The predicted molar refractivity (Wildman–Crippen MR) is 121 cm³/mol. The number of rotatable bonds is 6. The highest BCUT2D eigenvalue weighted by Gasteiger charge is 2.39. The number of aromatic nitrogens is 2. The fourth-order valence-corrected chi connectivity index (χ4v) is 5.32. The second kappa shape index (κ2) is 9.43. The predicted octanol–water partition coefficient (Wildman–Crippen LogP) is 3.90. The van der Waals surface area contributed by atoms with Gasteiger partial charge in [-0.2, -0.15) is 5.10 Å². The Morgan fingerprint density at radius 1 is 1.39 bits per heavy atom. The average Bonchev–Trinajstić information content (AvgIpc) is 3.04. The van der Waals surface area contributed by atoms with Gasteiger partial charge in [0, 0.05) is 26.3 Å². The molecular formula is C24H29ClFN3O4. The van der Waals surface area contributed by atoms with E-state index in [0.717, 1.165) is 36.7 Å². The molecule has 1 atom stereocenters. The maximum absolute atomic E-state index is 13.9. The number of nitrogens with zero attached hydrogens (tertiary/aromatic N) is 2. The summed E-state index contributed by atoms with van der Waals surface area (Å²) in [6, 6.07) is 2.68. The number of aromatic carboxylic acids is 1. The standard InChI is InChI=1S/C24H29ClFN3O4/c1-3-17-20-18(11-24(13-27-22(20)30)6-8-33-9-7-24)29(28-17)12-14(2)10-15-4-5-16(26)19(21(15)25)23(31)32/h4-5,14H,3,6-13H2,1-2H3,(H,27,30)(H,31,32)/t14-/m1/s1. The SMILES string of the molecule is CCc1nn(C[C@H](C)Cc2ccc(F)c(C(=O)O)c2Cl)c2c1C(=O)NCC1(CCOCC1)C2. The summed E-state index contributed by atoms with van der Waals surface area (Å²) in [4.78, 5) is 24.4. The quantitative estimate of drug-likeness (QED) is 0.658. The number of benzene rings is 1. The minimum atomic E-state index is -1.38. The van der Waals surface area contributed by atoms with Crippen LogP contribution in [-0.2, 0) is 30.5 Å². The van der Waals surface area contributed by atoms with E-state index in [2.05, 4.69) is 5.32 Å². The van der Waals surface area contributed by atoms with Crippen LogP contribution < -0.4 is 5.32 Å². The molecule has 2 N–H and O–H groups in total. The zero-order valence-corrected chi connectivity index (χ0v) is 19.7. The number of carboxylic acids is 1. The van der Waals surface area contributed by atoms with Crippen molar-refractivity contribution < 1.29 is 23.8 Å². The second-order valence-electron chi connectivity index (χ2n) is 9.29. The second-order valence-corrected chi connectivity index (χ2v) is 9.66. The molecule has 0 bridgehead atoms. The zero-order valence-electron chi connectivity index (χ0n) is 18.9. The molecular weight excluding hydrogens is 449 g/mol. The van der Waals surface area contributed by atoms with Crippen molar-refractivity contribution in [1.29, 1.82) is 0 Å². The summed E-state index contributed by atoms with van der Waals surface area (Å²) in [5.74, 6) is -2.27. The minimum absolute atomic E-state index is 0.0280. The topological polar surface area (TPSA) is 93.5 Å². The number of carbonyl (C=O) groups is 2. The molecule has 1 amide bonds. The molecule has 2 aliphatic heterocycles. The molecule has 178 valence electrons. The normalized spacial score (nSPS) is 18.5. The van der Waals surface area contributed by atoms with Gasteiger partial charge in [0.25, 0.3) is 5.91 Å². The molecule has 33 heavy (non-hydrogen) atoms. The van der Waals surface area contributed by atoms with Gasteiger partial charge in [-0.05, 0) is 55.1 Å². The van der Waals surface area contributed by atoms with Crippen LogP contribution in [0.25, 0.3) is 0 Å². The zero-order chi connectivity index (χ0) is 23.8. The van der Waals surface area contributed by atoms with E-state index >= 15 is 0 Å². The van der Waals surface area contributed by atoms with Crippen LogP contribution in [0.1, 0.15) is 64.4 Å². The highest BCUT2D eigenvalue weighted by molar-refractivity contribution is 6.34. The number of carboxylic acid groups (broad SMARTS) is 1. The van der Waals surface area contributed by atoms with E-state index in [4.69, 9.17) is 21.4 Å². The van der Waals surface area contributed by atoms with Crippen LogP contribution in [0, 0.1) is 17.2 Å². The lowest BCUT2D eigenvalue weighted by molar-refractivity contribution is 0.0152. The van der Waals surface area contributed by atoms with Crippen molar-refractivity contribution in [2.45, 2.75) is 52.5 Å². The number of ether oxygens (including phenoxy) is 1. The van der Waals surface area contributed by atoms with Gasteiger partial charge in [-0.25, -0.2) is 9.18 Å². The Balaban J connectivity index is 1.62. The van der Waals surface area contributed by atoms with Gasteiger partial charge in [-0.1, -0.05) is 31.5 Å². The molecule has 7 nitrogen and oxygen atoms in total. The van der Waals surface area contributed by atoms with Gasteiger partial charge in [0.05, 0.1) is 22.0 Å². The van der Waals surface area contributed by atoms with Crippen LogP contribution in [-0.4, -0.2) is 46.5 Å². The van der Waals surface area contributed by atoms with Crippen LogP contribution in [0.15, 0.2) is 12.1 Å². The number of nitrogens with one attached hydrogen (secondary N) is 1. The van der Waals surface area contributed by atoms with Gasteiger partial charge in [-0.3, -0.25) is 9.48 Å². The Bertz CT molecular complexity index is 1080. The lowest BCUT2D eigenvalue weighted by atomic mass is 9.76. The van der Waals surface area contributed by atoms with Crippen molar-refractivity contribution in [3.63, 3.8) is 0 Å². The van der Waals surface area contributed by atoms with Crippen molar-refractivity contribution in [3.8, 4) is 0 Å². The van der Waals surface area contributed by atoms with E-state index in [1.807, 2.05) is 18.5 Å². The summed E-state index contributed by atoms with van der Waals surface area (Å²) in [6.45, 7) is 6.55. The Morgan fingerprint density at radius 3 is 2.79 bits per heavy atom. The van der Waals surface area contributed by atoms with Crippen LogP contribution >= 0.6 is 11.6 Å². The molecule has 4 rings (SSSR count). The molecule has 1 spiro atoms. The molecule has 0 aliphatic carbocycles. The number of hydrogen-bond donors (Lipinski definition) is 2. The Hall–Kier alpha value is -2.45. The first-order valence-corrected chi connectivity index (χ1v) is 11.8. The molecule has 1 aromatic heterocycles. The molecule has 3 heterocycles. The summed E-state index contributed by atoms with van der Waals surface area (Å²) in [5, 5.41) is 17.1.